The molecule has 2 aliphatic rings. The van der Waals surface area contributed by atoms with Crippen molar-refractivity contribution in [2.45, 2.75) is 198 Å². The van der Waals surface area contributed by atoms with Crippen LogP contribution >= 0.6 is 0 Å². The van der Waals surface area contributed by atoms with Crippen molar-refractivity contribution in [3.05, 3.63) is 297 Å². The van der Waals surface area contributed by atoms with E-state index in [1.807, 2.05) is 90.2 Å². The van der Waals surface area contributed by atoms with Crippen LogP contribution in [0.3, 0.4) is 0 Å². The number of nitrogens with zero attached hydrogens (tertiary/aromatic N) is 10. The number of aromatic nitrogens is 10. The summed E-state index contributed by atoms with van der Waals surface area (Å²) in [7, 11) is 9.86. The molecule has 0 spiro atoms. The van der Waals surface area contributed by atoms with E-state index in [2.05, 4.69) is 218 Å². The Hall–Kier alpha value is -13.4. The average Bonchev–Trinajstić information content (AvgIpc) is 1.27. The summed E-state index contributed by atoms with van der Waals surface area (Å²) in [5.74, 6) is -4.33. The third kappa shape index (κ3) is 16.8. The molecule has 0 aliphatic heterocycles. The van der Waals surface area contributed by atoms with Gasteiger partial charge in [-0.3, -0.25) is 0 Å². The zero-order valence-corrected chi connectivity index (χ0v) is 77.3. The average molecular weight is 1740 g/mol. The van der Waals surface area contributed by atoms with Crippen LogP contribution in [0.15, 0.2) is 235 Å². The van der Waals surface area contributed by atoms with Gasteiger partial charge >= 0.3 is 0 Å². The van der Waals surface area contributed by atoms with E-state index in [0.29, 0.717) is 70.8 Å². The number of furan rings is 5. The van der Waals surface area contributed by atoms with E-state index in [4.69, 9.17) is 42.6 Å². The number of rotatable bonds is 12. The number of hydrogen-bond donors (Lipinski definition) is 0. The molecule has 0 saturated heterocycles. The van der Waals surface area contributed by atoms with Crippen molar-refractivity contribution in [2.75, 3.05) is 0 Å². The van der Waals surface area contributed by atoms with Crippen LogP contribution in [0.1, 0.15) is 222 Å². The second-order valence-corrected chi connectivity index (χ2v) is 34.7. The molecule has 1 atom stereocenters. The summed E-state index contributed by atoms with van der Waals surface area (Å²) < 4.78 is 164. The van der Waals surface area contributed by atoms with Crippen LogP contribution in [0.4, 0.5) is 0 Å². The van der Waals surface area contributed by atoms with Crippen molar-refractivity contribution in [2.24, 2.45) is 35.2 Å². The van der Waals surface area contributed by atoms with Gasteiger partial charge in [-0.1, -0.05) is 134 Å². The molecule has 0 bridgehead atoms. The van der Waals surface area contributed by atoms with Gasteiger partial charge in [-0.15, -0.1) is 0 Å². The smallest absolute Gasteiger partial charge is 0.227 e. The van der Waals surface area contributed by atoms with Gasteiger partial charge in [-0.2, -0.15) is 0 Å². The molecular weight excluding hydrogens is 1600 g/mol. The van der Waals surface area contributed by atoms with Gasteiger partial charge in [0.2, 0.25) is 57.0 Å². The molecule has 5 aromatic carbocycles. The molecule has 130 heavy (non-hydrogen) atoms. The Bertz CT molecular complexity index is 8520. The van der Waals surface area contributed by atoms with E-state index < -0.39 is 50.5 Å². The number of pyridine rings is 10. The van der Waals surface area contributed by atoms with Gasteiger partial charge in [-0.25, -0.2) is 47.8 Å². The second kappa shape index (κ2) is 36.6. The molecule has 656 valence electrons. The normalized spacial score (nSPS) is 17.6. The maximum absolute atomic E-state index is 8.98. The summed E-state index contributed by atoms with van der Waals surface area (Å²) in [5, 5.41) is 9.60. The Morgan fingerprint density at radius 1 is 0.331 bits per heavy atom. The van der Waals surface area contributed by atoms with Crippen LogP contribution < -0.4 is 22.8 Å². The lowest BCUT2D eigenvalue weighted by molar-refractivity contribution is -0.660. The van der Waals surface area contributed by atoms with E-state index in [9.17, 15) is 0 Å². The first-order valence-corrected chi connectivity index (χ1v) is 45.2. The zero-order valence-electron chi connectivity index (χ0n) is 92.3. The minimum absolute atomic E-state index is 0.00890. The highest BCUT2D eigenvalue weighted by molar-refractivity contribution is 6.13. The van der Waals surface area contributed by atoms with Gasteiger partial charge in [0.05, 0.1) is 27.8 Å². The minimum atomic E-state index is -2.22. The number of fused-ring (bicyclic) bond motifs is 15. The number of benzene rings is 5. The van der Waals surface area contributed by atoms with Crippen LogP contribution in [0, 0.1) is 55.2 Å². The summed E-state index contributed by atoms with van der Waals surface area (Å²) in [6.07, 6.45) is 9.89. The Morgan fingerprint density at radius 3 is 0.992 bits per heavy atom. The number of hydrogen-bond acceptors (Lipinski definition) is 10. The predicted octanol–water partition coefficient (Wildman–Crippen LogP) is 26.9. The van der Waals surface area contributed by atoms with Gasteiger partial charge in [0.15, 0.2) is 58.9 Å². The van der Waals surface area contributed by atoms with E-state index in [-0.39, 0.29) is 35.4 Å². The Balaban J connectivity index is 0.000000120. The monoisotopic (exact) mass is 1740 g/mol. The lowest BCUT2D eigenvalue weighted by Gasteiger charge is -2.20. The van der Waals surface area contributed by atoms with Crippen molar-refractivity contribution in [3.63, 3.8) is 0 Å². The lowest BCUT2D eigenvalue weighted by Crippen LogP contribution is -2.31. The fourth-order valence-electron chi connectivity index (χ4n) is 18.3. The molecular formula is C115H121N10O5+5. The van der Waals surface area contributed by atoms with Crippen LogP contribution in [-0.2, 0) is 60.9 Å². The fraction of sp³-hybridized carbons (Fsp3) is 0.304. The third-order valence-corrected chi connectivity index (χ3v) is 25.5. The molecule has 1 unspecified atom stereocenters. The van der Waals surface area contributed by atoms with E-state index in [1.165, 1.54) is 39.4 Å². The summed E-state index contributed by atoms with van der Waals surface area (Å²) in [6.45, 7) is 20.2. The molecule has 15 heteroatoms. The van der Waals surface area contributed by atoms with Crippen LogP contribution in [0.25, 0.3) is 167 Å². The summed E-state index contributed by atoms with van der Waals surface area (Å²) in [4.78, 5) is 23.0. The van der Waals surface area contributed by atoms with Crippen molar-refractivity contribution in [1.29, 1.82) is 0 Å². The third-order valence-electron chi connectivity index (χ3n) is 25.5. The van der Waals surface area contributed by atoms with Crippen molar-refractivity contribution in [1.82, 2.24) is 24.9 Å². The van der Waals surface area contributed by atoms with Crippen molar-refractivity contribution < 1.29 is 65.5 Å². The molecule has 15 nitrogen and oxygen atoms in total. The van der Waals surface area contributed by atoms with Crippen molar-refractivity contribution in [3.8, 4) is 56.3 Å². The molecule has 20 aromatic rings. The van der Waals surface area contributed by atoms with Gasteiger partial charge in [0.1, 0.15) is 35.2 Å². The van der Waals surface area contributed by atoms with Crippen LogP contribution in [0.5, 0.6) is 0 Å². The molecule has 15 aromatic heterocycles. The minimum Gasteiger partial charge on any atom is -0.437 e. The van der Waals surface area contributed by atoms with E-state index in [1.54, 1.807) is 65.0 Å². The second-order valence-electron chi connectivity index (χ2n) is 34.7. The lowest BCUT2D eigenvalue weighted by atomic mass is 9.86. The first-order chi connectivity index (χ1) is 68.6. The molecule has 2 aliphatic carbocycles. The largest absolute Gasteiger partial charge is 0.437 e. The highest BCUT2D eigenvalue weighted by Crippen LogP contribution is 2.45. The van der Waals surface area contributed by atoms with Gasteiger partial charge < -0.3 is 22.1 Å². The summed E-state index contributed by atoms with van der Waals surface area (Å²) in [5.41, 5.74) is 29.6. The predicted molar refractivity (Wildman–Crippen MR) is 527 cm³/mol. The topological polar surface area (TPSA) is 150 Å². The molecule has 2 fully saturated rings. The highest BCUT2D eigenvalue weighted by Gasteiger charge is 2.30. The Kier molecular flexibility index (Phi) is 19.9. The Morgan fingerprint density at radius 2 is 0.646 bits per heavy atom. The molecule has 0 radical (unpaired) electrons. The van der Waals surface area contributed by atoms with Crippen LogP contribution in [0.2, 0.25) is 0 Å². The molecule has 2 saturated carbocycles. The standard InChI is InChI=1S/C25H27N2O.C24H25N2O.C23H25N2O.C22H23N2O.C21H21N2O/c1-16-9-14-22(27(3)15-16)23-17(2)10-11-19-20-12-13-21(18-7-5-4-6-8-18)26-25(20)28-24(19)23;1-15-8-13-21(26(3)14-15)22-16(2)9-10-18-19-11-12-20(17-6-4-5-7-17)25-24(19)27-23(18)22;1-6-16-8-12-20(25(5)13-16)21-15(4)7-9-17-18-10-11-19(14(2)3)24-23(18)26-22(17)21;1-5-15-8-12-19(24(4)13-15)20-14(3)7-10-17-18-11-9-16(6-2)23-22(18)25-21(17)20;1-5-15-8-11-18(23(4)12-15)19-13(2)6-9-16-17-10-7-14(3)22-21(17)24-20(16)19/h9-15,18H,4-8H2,1-3H3;8-14,17H,4-7H2,1-3H3;7-14H,6H2,1-5H3;7-13H,5-6H2,1-4H3;6-12H,5H2,1-4H3/q5*+1/i1D3,7D2,8D2,18D;1D3,6D2,17D;14D;;. The Labute approximate surface area is 783 Å². The maximum atomic E-state index is 8.98. The molecule has 0 N–H and O–H groups in total. The van der Waals surface area contributed by atoms with Gasteiger partial charge in [0, 0.05) is 173 Å². The zero-order chi connectivity index (χ0) is 104. The fourth-order valence-corrected chi connectivity index (χ4v) is 18.3. The molecule has 0 amide bonds. The number of aryl methyl sites for hydroxylation is 17. The SMILES string of the molecule is CCc1ccc(-c2c(C)ccc3c2oc2nc(C)ccc23)[n+](C)c1.CCc1ccc(-c2c(C)ccc3c2oc2nc(CC)ccc23)[n+](C)c1.[2H]C(C)(C)c1ccc2c(n1)oc1c(-c3ccc(CC)c[n+]3C)c(C)ccc12.[2H]C([2H])([2H])c1ccc(-c2c(C)ccc3c2oc2nc(C4([2H])C([2H])([2H])CCCC4([2H])[2H])ccc23)[n+](C)c1.[2H]C([2H])([2H])c1ccc(-c2c(C)ccc3c2oc2nc(C4([2H])CCCC4([2H])[2H])ccc23)[n+](C)c1. The van der Waals surface area contributed by atoms with E-state index >= 15 is 0 Å². The maximum Gasteiger partial charge on any atom is 0.227 e. The van der Waals surface area contributed by atoms with Crippen molar-refractivity contribution >= 4 is 110 Å². The molecule has 15 heterocycles. The van der Waals surface area contributed by atoms with E-state index in [0.717, 1.165) is 175 Å². The van der Waals surface area contributed by atoms with Crippen LogP contribution in [-0.4, -0.2) is 24.9 Å². The first kappa shape index (κ1) is 70.6. The highest BCUT2D eigenvalue weighted by atomic mass is 16.4. The molecule has 22 rings (SSSR count). The van der Waals surface area contributed by atoms with Gasteiger partial charge in [0.25, 0.3) is 0 Å². The first-order valence-electron chi connectivity index (χ1n) is 52.7. The summed E-state index contributed by atoms with van der Waals surface area (Å²) >= 11 is 0. The summed E-state index contributed by atoms with van der Waals surface area (Å²) in [6, 6.07) is 59.7. The van der Waals surface area contributed by atoms with Gasteiger partial charge in [-0.05, 0) is 231 Å². The quantitative estimate of drug-likeness (QED) is 0.108.